The van der Waals surface area contributed by atoms with Crippen LogP contribution < -0.4 is 10.1 Å². The van der Waals surface area contributed by atoms with Crippen molar-refractivity contribution in [2.75, 3.05) is 13.2 Å². The minimum Gasteiger partial charge on any atom is -0.481 e. The molecule has 2 rings (SSSR count). The number of benzene rings is 1. The largest absolute Gasteiger partial charge is 0.481 e. The van der Waals surface area contributed by atoms with Crippen LogP contribution in [0.4, 0.5) is 13.2 Å². The first-order valence-corrected chi connectivity index (χ1v) is 6.77. The third-order valence-corrected chi connectivity index (χ3v) is 2.73. The highest BCUT2D eigenvalue weighted by Gasteiger charge is 2.30. The maximum Gasteiger partial charge on any atom is 0.416 e. The van der Waals surface area contributed by atoms with Gasteiger partial charge < -0.3 is 10.1 Å². The van der Waals surface area contributed by atoms with Crippen LogP contribution >= 0.6 is 0 Å². The minimum absolute atomic E-state index is 0.0569. The quantitative estimate of drug-likeness (QED) is 0.871. The molecule has 1 aromatic heterocycles. The van der Waals surface area contributed by atoms with Crippen LogP contribution in [0.25, 0.3) is 0 Å². The van der Waals surface area contributed by atoms with Gasteiger partial charge in [0, 0.05) is 12.4 Å². The first-order valence-electron chi connectivity index (χ1n) is 6.77. The van der Waals surface area contributed by atoms with Gasteiger partial charge in [0.2, 0.25) is 0 Å². The Labute approximate surface area is 135 Å². The van der Waals surface area contributed by atoms with Crippen LogP contribution in [0.3, 0.4) is 0 Å². The molecule has 0 saturated carbocycles. The van der Waals surface area contributed by atoms with Crippen molar-refractivity contribution >= 4 is 5.91 Å². The third-order valence-electron chi connectivity index (χ3n) is 2.73. The number of nitrogens with zero attached hydrogens (tertiary/aromatic N) is 2. The lowest BCUT2D eigenvalue weighted by molar-refractivity contribution is -0.137. The molecule has 5 nitrogen and oxygen atoms in total. The smallest absolute Gasteiger partial charge is 0.416 e. The average Bonchev–Trinajstić information content (AvgIpc) is 2.58. The van der Waals surface area contributed by atoms with Crippen molar-refractivity contribution in [3.8, 4) is 17.6 Å². The molecule has 1 aromatic carbocycles. The summed E-state index contributed by atoms with van der Waals surface area (Å²) in [5, 5.41) is 2.51. The molecule has 0 saturated heterocycles. The number of rotatable bonds is 4. The van der Waals surface area contributed by atoms with Crippen molar-refractivity contribution in [1.29, 1.82) is 0 Å². The molecule has 1 N–H and O–H groups in total. The highest BCUT2D eigenvalue weighted by atomic mass is 19.4. The van der Waals surface area contributed by atoms with E-state index in [-0.39, 0.29) is 24.6 Å². The lowest BCUT2D eigenvalue weighted by atomic mass is 10.2. The summed E-state index contributed by atoms with van der Waals surface area (Å²) in [7, 11) is 0. The van der Waals surface area contributed by atoms with Crippen LogP contribution in [0.1, 0.15) is 16.1 Å². The number of nitrogens with one attached hydrogen (secondary N) is 1. The first-order chi connectivity index (χ1) is 11.5. The maximum absolute atomic E-state index is 12.5. The Hall–Kier alpha value is -3.08. The fourth-order valence-corrected chi connectivity index (χ4v) is 1.63. The van der Waals surface area contributed by atoms with Gasteiger partial charge in [-0.3, -0.25) is 9.78 Å². The predicted molar refractivity (Wildman–Crippen MR) is 79.1 cm³/mol. The predicted octanol–water partition coefficient (Wildman–Crippen LogP) is 2.31. The molecule has 2 aromatic rings. The number of hydrogen-bond acceptors (Lipinski definition) is 4. The minimum atomic E-state index is -4.42. The van der Waals surface area contributed by atoms with Crippen LogP contribution in [-0.2, 0) is 6.18 Å². The van der Waals surface area contributed by atoms with E-state index in [0.717, 1.165) is 12.1 Å². The molecular formula is C16H12F3N3O2. The molecule has 0 bridgehead atoms. The number of aromatic nitrogens is 2. The van der Waals surface area contributed by atoms with Gasteiger partial charge in [-0.25, -0.2) is 4.98 Å². The number of alkyl halides is 3. The Balaban J connectivity index is 1.77. The lowest BCUT2D eigenvalue weighted by Crippen LogP contribution is -2.24. The second-order valence-corrected chi connectivity index (χ2v) is 4.44. The fraction of sp³-hybridized carbons (Fsp3) is 0.188. The van der Waals surface area contributed by atoms with Crippen molar-refractivity contribution in [1.82, 2.24) is 15.3 Å². The zero-order valence-corrected chi connectivity index (χ0v) is 12.3. The summed E-state index contributed by atoms with van der Waals surface area (Å²) in [5.74, 6) is 4.87. The van der Waals surface area contributed by atoms with E-state index in [4.69, 9.17) is 4.74 Å². The molecular weight excluding hydrogens is 323 g/mol. The van der Waals surface area contributed by atoms with Crippen LogP contribution in [0.2, 0.25) is 0 Å². The summed E-state index contributed by atoms with van der Waals surface area (Å²) in [6, 6.07) is 4.53. The summed E-state index contributed by atoms with van der Waals surface area (Å²) >= 11 is 0. The van der Waals surface area contributed by atoms with Crippen LogP contribution in [0.5, 0.6) is 5.75 Å². The highest BCUT2D eigenvalue weighted by Crippen LogP contribution is 2.31. The van der Waals surface area contributed by atoms with Gasteiger partial charge in [-0.1, -0.05) is 17.9 Å². The van der Waals surface area contributed by atoms with Crippen molar-refractivity contribution in [2.24, 2.45) is 0 Å². The van der Waals surface area contributed by atoms with Gasteiger partial charge in [-0.15, -0.1) is 0 Å². The summed E-state index contributed by atoms with van der Waals surface area (Å²) in [5.41, 5.74) is -0.622. The molecule has 0 aliphatic carbocycles. The number of ether oxygens (including phenoxy) is 1. The second-order valence-electron chi connectivity index (χ2n) is 4.44. The first kappa shape index (κ1) is 17.3. The molecule has 124 valence electrons. The van der Waals surface area contributed by atoms with E-state index in [1.165, 1.54) is 30.7 Å². The normalized spacial score (nSPS) is 10.5. The summed E-state index contributed by atoms with van der Waals surface area (Å²) in [6.07, 6.45) is -0.264. The Morgan fingerprint density at radius 2 is 2.08 bits per heavy atom. The average molecular weight is 335 g/mol. The van der Waals surface area contributed by atoms with Gasteiger partial charge in [-0.05, 0) is 18.2 Å². The molecule has 1 amide bonds. The van der Waals surface area contributed by atoms with Crippen LogP contribution in [-0.4, -0.2) is 29.0 Å². The standard InChI is InChI=1S/C16H12F3N3O2/c17-16(18,19)12-4-3-5-13(10-12)24-9-2-1-6-22-15(23)14-11-20-7-8-21-14/h3-5,7-8,10-11H,6,9H2,(H,22,23). The highest BCUT2D eigenvalue weighted by molar-refractivity contribution is 5.91. The number of amides is 1. The summed E-state index contributed by atoms with van der Waals surface area (Å²) in [6.45, 7) is -0.0380. The monoisotopic (exact) mass is 335 g/mol. The molecule has 8 heteroatoms. The van der Waals surface area contributed by atoms with Crippen molar-refractivity contribution in [2.45, 2.75) is 6.18 Å². The maximum atomic E-state index is 12.5. The molecule has 1 heterocycles. The van der Waals surface area contributed by atoms with Crippen LogP contribution in [0.15, 0.2) is 42.9 Å². The van der Waals surface area contributed by atoms with E-state index in [1.807, 2.05) is 0 Å². The zero-order valence-electron chi connectivity index (χ0n) is 12.3. The van der Waals surface area contributed by atoms with E-state index in [9.17, 15) is 18.0 Å². The van der Waals surface area contributed by atoms with E-state index in [1.54, 1.807) is 0 Å². The molecule has 0 aliphatic rings. The molecule has 0 radical (unpaired) electrons. The molecule has 0 atom stereocenters. The Morgan fingerprint density at radius 3 is 2.79 bits per heavy atom. The van der Waals surface area contributed by atoms with Crippen molar-refractivity contribution in [3.63, 3.8) is 0 Å². The van der Waals surface area contributed by atoms with E-state index in [0.29, 0.717) is 0 Å². The Bertz CT molecular complexity index is 752. The fourth-order valence-electron chi connectivity index (χ4n) is 1.63. The van der Waals surface area contributed by atoms with E-state index >= 15 is 0 Å². The number of carbonyl (C=O) groups is 1. The lowest BCUT2D eigenvalue weighted by Gasteiger charge is -2.08. The summed E-state index contributed by atoms with van der Waals surface area (Å²) < 4.78 is 42.7. The molecule has 0 spiro atoms. The van der Waals surface area contributed by atoms with Gasteiger partial charge in [0.1, 0.15) is 18.1 Å². The SMILES string of the molecule is O=C(NCC#CCOc1cccc(C(F)(F)F)c1)c1cnccn1. The van der Waals surface area contributed by atoms with E-state index < -0.39 is 17.6 Å². The molecule has 0 unspecified atom stereocenters. The second kappa shape index (κ2) is 7.97. The topological polar surface area (TPSA) is 64.1 Å². The number of carbonyl (C=O) groups excluding carboxylic acids is 1. The van der Waals surface area contributed by atoms with E-state index in [2.05, 4.69) is 27.1 Å². The van der Waals surface area contributed by atoms with Gasteiger partial charge >= 0.3 is 6.18 Å². The number of hydrogen-bond donors (Lipinski definition) is 1. The van der Waals surface area contributed by atoms with Crippen molar-refractivity contribution < 1.29 is 22.7 Å². The Morgan fingerprint density at radius 1 is 1.25 bits per heavy atom. The van der Waals surface area contributed by atoms with Gasteiger partial charge in [0.15, 0.2) is 0 Å². The van der Waals surface area contributed by atoms with Crippen LogP contribution in [0, 0.1) is 11.8 Å². The number of halogens is 3. The molecule has 0 fully saturated rings. The van der Waals surface area contributed by atoms with Gasteiger partial charge in [-0.2, -0.15) is 13.2 Å². The van der Waals surface area contributed by atoms with Crippen molar-refractivity contribution in [3.05, 3.63) is 54.1 Å². The molecule has 0 aliphatic heterocycles. The Kier molecular flexibility index (Phi) is 5.73. The van der Waals surface area contributed by atoms with Gasteiger partial charge in [0.05, 0.1) is 18.3 Å². The third kappa shape index (κ3) is 5.28. The summed E-state index contributed by atoms with van der Waals surface area (Å²) in [4.78, 5) is 19.2. The van der Waals surface area contributed by atoms with Gasteiger partial charge in [0.25, 0.3) is 5.91 Å². The zero-order chi connectivity index (χ0) is 17.4. The molecule has 24 heavy (non-hydrogen) atoms.